The van der Waals surface area contributed by atoms with Gasteiger partial charge in [-0.25, -0.2) is 8.42 Å². The van der Waals surface area contributed by atoms with E-state index in [0.717, 1.165) is 11.4 Å². The summed E-state index contributed by atoms with van der Waals surface area (Å²) < 4.78 is 26.8. The van der Waals surface area contributed by atoms with E-state index in [9.17, 15) is 18.0 Å². The first kappa shape index (κ1) is 24.6. The molecule has 1 aromatic heterocycles. The van der Waals surface area contributed by atoms with Gasteiger partial charge >= 0.3 is 0 Å². The van der Waals surface area contributed by atoms with E-state index >= 15 is 0 Å². The van der Waals surface area contributed by atoms with E-state index < -0.39 is 10.0 Å². The Labute approximate surface area is 196 Å². The fourth-order valence-corrected chi connectivity index (χ4v) is 5.75. The molecule has 12 heteroatoms. The van der Waals surface area contributed by atoms with Crippen LogP contribution in [0, 0.1) is 5.92 Å². The molecule has 0 atom stereocenters. The minimum atomic E-state index is -3.63. The number of carbonyl (C=O) groups excluding carboxylic acids is 2. The molecular weight excluding hydrogens is 474 g/mol. The van der Waals surface area contributed by atoms with Crippen LogP contribution in [0.25, 0.3) is 0 Å². The lowest BCUT2D eigenvalue weighted by Crippen LogP contribution is -2.50. The van der Waals surface area contributed by atoms with Crippen LogP contribution in [0.1, 0.15) is 31.7 Å². The second kappa shape index (κ2) is 10.7. The number of anilines is 1. The standard InChI is InChI=1S/C20H26ClN5O4S2/c1-14(2)13-18-23-24-20(31-18)22-17(27)7-8-19(28)25-9-11-26(12-10-25)32(29,30)16-5-3-15(21)4-6-16/h3-6,14H,7-13H2,1-2H3,(H,22,24,27). The Morgan fingerprint density at radius 2 is 1.75 bits per heavy atom. The van der Waals surface area contributed by atoms with Crippen molar-refractivity contribution >= 4 is 49.9 Å². The third kappa shape index (κ3) is 6.47. The van der Waals surface area contributed by atoms with E-state index in [1.165, 1.54) is 39.9 Å². The summed E-state index contributed by atoms with van der Waals surface area (Å²) in [6, 6.07) is 6.01. The van der Waals surface area contributed by atoms with Crippen LogP contribution in [0.2, 0.25) is 5.02 Å². The number of aromatic nitrogens is 2. The summed E-state index contributed by atoms with van der Waals surface area (Å²) >= 11 is 7.16. The first-order valence-electron chi connectivity index (χ1n) is 10.3. The molecule has 174 valence electrons. The number of amides is 2. The molecule has 1 aliphatic rings. The van der Waals surface area contributed by atoms with Gasteiger partial charge in [0.1, 0.15) is 5.01 Å². The van der Waals surface area contributed by atoms with Gasteiger partial charge in [0.15, 0.2) is 0 Å². The molecule has 2 aromatic rings. The van der Waals surface area contributed by atoms with Crippen LogP contribution in [-0.2, 0) is 26.0 Å². The average molecular weight is 500 g/mol. The number of sulfonamides is 1. The normalized spacial score (nSPS) is 15.2. The summed E-state index contributed by atoms with van der Waals surface area (Å²) in [5.74, 6) is -0.0261. The van der Waals surface area contributed by atoms with Crippen molar-refractivity contribution in [3.63, 3.8) is 0 Å². The van der Waals surface area contributed by atoms with E-state index in [0.29, 0.717) is 16.1 Å². The molecule has 1 saturated heterocycles. The molecule has 1 aromatic carbocycles. The molecule has 1 aliphatic heterocycles. The summed E-state index contributed by atoms with van der Waals surface area (Å²) in [5, 5.41) is 12.4. The maximum atomic E-state index is 12.7. The molecule has 0 spiro atoms. The predicted molar refractivity (Wildman–Crippen MR) is 123 cm³/mol. The molecule has 0 radical (unpaired) electrons. The zero-order valence-electron chi connectivity index (χ0n) is 18.0. The van der Waals surface area contributed by atoms with E-state index in [-0.39, 0.29) is 55.7 Å². The fourth-order valence-electron chi connectivity index (χ4n) is 3.23. The third-order valence-corrected chi connectivity index (χ3v) is 7.93. The van der Waals surface area contributed by atoms with Crippen LogP contribution in [0.15, 0.2) is 29.2 Å². The van der Waals surface area contributed by atoms with Crippen molar-refractivity contribution in [2.45, 2.75) is 38.0 Å². The van der Waals surface area contributed by atoms with Gasteiger partial charge in [0.05, 0.1) is 4.90 Å². The van der Waals surface area contributed by atoms with Gasteiger partial charge in [0.25, 0.3) is 0 Å². The highest BCUT2D eigenvalue weighted by Gasteiger charge is 2.30. The highest BCUT2D eigenvalue weighted by molar-refractivity contribution is 7.89. The van der Waals surface area contributed by atoms with Gasteiger partial charge in [-0.2, -0.15) is 4.31 Å². The monoisotopic (exact) mass is 499 g/mol. The largest absolute Gasteiger partial charge is 0.340 e. The summed E-state index contributed by atoms with van der Waals surface area (Å²) in [5.41, 5.74) is 0. The highest BCUT2D eigenvalue weighted by Crippen LogP contribution is 2.21. The first-order valence-corrected chi connectivity index (χ1v) is 12.9. The van der Waals surface area contributed by atoms with Crippen LogP contribution in [0.4, 0.5) is 5.13 Å². The molecule has 0 unspecified atom stereocenters. The van der Waals surface area contributed by atoms with Gasteiger partial charge in [-0.1, -0.05) is 36.8 Å². The summed E-state index contributed by atoms with van der Waals surface area (Å²) in [4.78, 5) is 26.4. The van der Waals surface area contributed by atoms with Crippen LogP contribution < -0.4 is 5.32 Å². The Bertz CT molecular complexity index is 1050. The van der Waals surface area contributed by atoms with Crippen molar-refractivity contribution in [1.29, 1.82) is 0 Å². The number of hydrogen-bond donors (Lipinski definition) is 1. The molecule has 0 aliphatic carbocycles. The molecule has 1 N–H and O–H groups in total. The molecule has 0 saturated carbocycles. The van der Waals surface area contributed by atoms with Crippen molar-refractivity contribution in [3.05, 3.63) is 34.3 Å². The van der Waals surface area contributed by atoms with Gasteiger partial charge in [-0.15, -0.1) is 10.2 Å². The molecule has 32 heavy (non-hydrogen) atoms. The van der Waals surface area contributed by atoms with Crippen LogP contribution in [0.3, 0.4) is 0 Å². The van der Waals surface area contributed by atoms with Crippen molar-refractivity contribution in [2.75, 3.05) is 31.5 Å². The number of benzene rings is 1. The SMILES string of the molecule is CC(C)Cc1nnc(NC(=O)CCC(=O)N2CCN(S(=O)(=O)c3ccc(Cl)cc3)CC2)s1. The van der Waals surface area contributed by atoms with Crippen LogP contribution in [-0.4, -0.2) is 65.8 Å². The quantitative estimate of drug-likeness (QED) is 0.597. The second-order valence-electron chi connectivity index (χ2n) is 7.89. The van der Waals surface area contributed by atoms with Gasteiger partial charge in [-0.05, 0) is 30.2 Å². The lowest BCUT2D eigenvalue weighted by molar-refractivity contribution is -0.133. The summed E-state index contributed by atoms with van der Waals surface area (Å²) in [7, 11) is -3.63. The number of nitrogens with one attached hydrogen (secondary N) is 1. The van der Waals surface area contributed by atoms with Crippen molar-refractivity contribution in [2.24, 2.45) is 5.92 Å². The Morgan fingerprint density at radius 3 is 2.38 bits per heavy atom. The number of carbonyl (C=O) groups is 2. The lowest BCUT2D eigenvalue weighted by Gasteiger charge is -2.34. The third-order valence-electron chi connectivity index (χ3n) is 4.90. The molecule has 1 fully saturated rings. The van der Waals surface area contributed by atoms with Gasteiger partial charge in [0, 0.05) is 50.5 Å². The zero-order chi connectivity index (χ0) is 23.3. The van der Waals surface area contributed by atoms with Crippen LogP contribution >= 0.6 is 22.9 Å². The Balaban J connectivity index is 1.44. The molecule has 9 nitrogen and oxygen atoms in total. The molecule has 2 amide bonds. The van der Waals surface area contributed by atoms with E-state index in [2.05, 4.69) is 29.4 Å². The summed E-state index contributed by atoms with van der Waals surface area (Å²) in [6.45, 7) is 5.12. The molecule has 0 bridgehead atoms. The topological polar surface area (TPSA) is 113 Å². The highest BCUT2D eigenvalue weighted by atomic mass is 35.5. The van der Waals surface area contributed by atoms with Gasteiger partial charge < -0.3 is 10.2 Å². The maximum absolute atomic E-state index is 12.7. The smallest absolute Gasteiger partial charge is 0.243 e. The van der Waals surface area contributed by atoms with E-state index in [4.69, 9.17) is 11.6 Å². The summed E-state index contributed by atoms with van der Waals surface area (Å²) in [6.07, 6.45) is 0.875. The number of piperazine rings is 1. The minimum absolute atomic E-state index is 0.0290. The minimum Gasteiger partial charge on any atom is -0.340 e. The van der Waals surface area contributed by atoms with E-state index in [1.54, 1.807) is 4.90 Å². The molecule has 3 rings (SSSR count). The van der Waals surface area contributed by atoms with Crippen molar-refractivity contribution in [1.82, 2.24) is 19.4 Å². The van der Waals surface area contributed by atoms with Crippen LogP contribution in [0.5, 0.6) is 0 Å². The maximum Gasteiger partial charge on any atom is 0.243 e. The van der Waals surface area contributed by atoms with Gasteiger partial charge in [-0.3, -0.25) is 9.59 Å². The Hall–Kier alpha value is -2.08. The van der Waals surface area contributed by atoms with E-state index in [1.807, 2.05) is 0 Å². The molecule has 2 heterocycles. The lowest BCUT2D eigenvalue weighted by atomic mass is 10.1. The number of halogens is 1. The second-order valence-corrected chi connectivity index (χ2v) is 11.3. The Kier molecular flexibility index (Phi) is 8.21. The van der Waals surface area contributed by atoms with Crippen molar-refractivity contribution in [3.8, 4) is 0 Å². The first-order chi connectivity index (χ1) is 15.1. The number of nitrogens with zero attached hydrogens (tertiary/aromatic N) is 4. The van der Waals surface area contributed by atoms with Crippen molar-refractivity contribution < 1.29 is 18.0 Å². The zero-order valence-corrected chi connectivity index (χ0v) is 20.3. The number of hydrogen-bond acceptors (Lipinski definition) is 7. The van der Waals surface area contributed by atoms with Gasteiger partial charge in [0.2, 0.25) is 27.0 Å². The average Bonchev–Trinajstić information content (AvgIpc) is 3.18. The number of rotatable bonds is 8. The molecular formula is C20H26ClN5O4S2. The fraction of sp³-hybridized carbons (Fsp3) is 0.500. The predicted octanol–water partition coefficient (Wildman–Crippen LogP) is 2.64. The Morgan fingerprint density at radius 1 is 1.09 bits per heavy atom.